The summed E-state index contributed by atoms with van der Waals surface area (Å²) < 4.78 is 1.46. The first-order valence-corrected chi connectivity index (χ1v) is 17.3. The highest BCUT2D eigenvalue weighted by atomic mass is 15.2. The van der Waals surface area contributed by atoms with Gasteiger partial charge in [0.25, 0.3) is 0 Å². The Morgan fingerprint density at radius 1 is 0.463 bits per heavy atom. The van der Waals surface area contributed by atoms with Gasteiger partial charge in [-0.2, -0.15) is 0 Å². The van der Waals surface area contributed by atoms with Crippen LogP contribution < -0.4 is 0 Å². The molecule has 0 bridgehead atoms. The van der Waals surface area contributed by atoms with Gasteiger partial charge in [-0.15, -0.1) is 0 Å². The Hall–Kier alpha value is -2.48. The molecule has 0 aromatic heterocycles. The first-order valence-electron chi connectivity index (χ1n) is 17.3. The van der Waals surface area contributed by atoms with Gasteiger partial charge in [-0.25, -0.2) is 4.70 Å². The van der Waals surface area contributed by atoms with E-state index in [2.05, 4.69) is 75.4 Å². The number of hydrogen-bond acceptors (Lipinski definition) is 0. The largest absolute Gasteiger partial charge is 0.493 e. The van der Waals surface area contributed by atoms with E-state index in [1.807, 2.05) is 0 Å². The average Bonchev–Trinajstić information content (AvgIpc) is 3.33. The second-order valence-electron chi connectivity index (χ2n) is 12.3. The smallest absolute Gasteiger partial charge is 0.210 e. The van der Waals surface area contributed by atoms with Gasteiger partial charge in [0, 0.05) is 22.8 Å². The van der Waals surface area contributed by atoms with Crippen LogP contribution in [0.15, 0.2) is 60.2 Å². The van der Waals surface area contributed by atoms with Crippen molar-refractivity contribution in [3.05, 3.63) is 88.0 Å². The Bertz CT molecular complexity index is 1070. The second-order valence-corrected chi connectivity index (χ2v) is 12.3. The third-order valence-corrected chi connectivity index (χ3v) is 8.72. The van der Waals surface area contributed by atoms with Crippen LogP contribution in [0.1, 0.15) is 159 Å². The summed E-state index contributed by atoms with van der Waals surface area (Å²) in [6, 6.07) is 17.7. The summed E-state index contributed by atoms with van der Waals surface area (Å²) in [6.45, 7) is 6.77. The first kappa shape index (κ1) is 33.0. The molecule has 0 amide bonds. The van der Waals surface area contributed by atoms with Crippen molar-refractivity contribution in [3.8, 4) is 0 Å². The highest BCUT2D eigenvalue weighted by Gasteiger charge is 2.28. The Morgan fingerprint density at radius 2 is 0.878 bits per heavy atom. The Kier molecular flexibility index (Phi) is 15.8. The van der Waals surface area contributed by atoms with E-state index in [4.69, 9.17) is 0 Å². The number of aryl methyl sites for hydroxylation is 2. The predicted molar refractivity (Wildman–Crippen MR) is 179 cm³/mol. The average molecular weight is 555 g/mol. The molecule has 2 aromatic carbocycles. The lowest BCUT2D eigenvalue weighted by Gasteiger charge is -2.11. The minimum absolute atomic E-state index is 0.904. The van der Waals surface area contributed by atoms with Crippen molar-refractivity contribution in [2.75, 3.05) is 0 Å². The summed E-state index contributed by atoms with van der Waals surface area (Å²) in [4.78, 5) is 0. The fraction of sp³-hybridized carbons (Fsp3) is 0.590. The third kappa shape index (κ3) is 11.4. The number of benzene rings is 2. The predicted octanol–water partition coefficient (Wildman–Crippen LogP) is 12.7. The molecule has 0 saturated heterocycles. The van der Waals surface area contributed by atoms with Crippen molar-refractivity contribution in [2.45, 2.75) is 149 Å². The molecule has 0 radical (unpaired) electrons. The lowest BCUT2D eigenvalue weighted by Crippen LogP contribution is -2.02. The van der Waals surface area contributed by atoms with Gasteiger partial charge in [0.05, 0.1) is 0 Å². The molecule has 2 nitrogen and oxygen atoms in total. The fourth-order valence-corrected chi connectivity index (χ4v) is 6.02. The Labute approximate surface area is 252 Å². The molecule has 41 heavy (non-hydrogen) atoms. The van der Waals surface area contributed by atoms with E-state index in [9.17, 15) is 5.53 Å². The molecule has 0 N–H and O–H groups in total. The van der Waals surface area contributed by atoms with Gasteiger partial charge in [0.1, 0.15) is 0 Å². The van der Waals surface area contributed by atoms with Gasteiger partial charge in [-0.3, -0.25) is 0 Å². The minimum atomic E-state index is 0.904. The van der Waals surface area contributed by atoms with E-state index in [0.717, 1.165) is 41.8 Å². The normalized spacial score (nSPS) is 13.3. The van der Waals surface area contributed by atoms with E-state index >= 15 is 0 Å². The van der Waals surface area contributed by atoms with Gasteiger partial charge in [-0.1, -0.05) is 135 Å². The van der Waals surface area contributed by atoms with E-state index < -0.39 is 0 Å². The SMILES string of the molecule is CCCCCCCCCCCCCCCC1=C(c2ccc(CCCC)cc2)[N+](=[N-])C(c2ccc(CCCC)cc2)=C1. The van der Waals surface area contributed by atoms with Gasteiger partial charge in [0.2, 0.25) is 11.4 Å². The summed E-state index contributed by atoms with van der Waals surface area (Å²) in [5.41, 5.74) is 19.6. The molecule has 0 aliphatic carbocycles. The van der Waals surface area contributed by atoms with Crippen LogP contribution in [0, 0.1) is 0 Å². The van der Waals surface area contributed by atoms with E-state index in [-0.39, 0.29) is 0 Å². The van der Waals surface area contributed by atoms with Crippen molar-refractivity contribution in [1.82, 2.24) is 0 Å². The summed E-state index contributed by atoms with van der Waals surface area (Å²) in [5, 5.41) is 0. The minimum Gasteiger partial charge on any atom is -0.493 e. The lowest BCUT2D eigenvalue weighted by molar-refractivity contribution is -0.344. The van der Waals surface area contributed by atoms with Crippen LogP contribution in [0.4, 0.5) is 0 Å². The maximum Gasteiger partial charge on any atom is 0.210 e. The molecule has 1 aliphatic heterocycles. The lowest BCUT2D eigenvalue weighted by atomic mass is 9.99. The third-order valence-electron chi connectivity index (χ3n) is 8.72. The van der Waals surface area contributed by atoms with Crippen LogP contribution >= 0.6 is 0 Å². The summed E-state index contributed by atoms with van der Waals surface area (Å²) >= 11 is 0. The topological polar surface area (TPSA) is 25.3 Å². The zero-order chi connectivity index (χ0) is 29.1. The molecule has 1 aliphatic rings. The van der Waals surface area contributed by atoms with Crippen molar-refractivity contribution in [1.29, 1.82) is 0 Å². The Balaban J connectivity index is 1.55. The molecule has 3 rings (SSSR count). The van der Waals surface area contributed by atoms with Crippen LogP contribution in [0.2, 0.25) is 0 Å². The van der Waals surface area contributed by atoms with Crippen molar-refractivity contribution < 1.29 is 4.70 Å². The summed E-state index contributed by atoms with van der Waals surface area (Å²) in [5.74, 6) is 0. The second kappa shape index (κ2) is 19.6. The number of nitrogens with zero attached hydrogens (tertiary/aromatic N) is 2. The molecule has 0 saturated carbocycles. The van der Waals surface area contributed by atoms with Crippen LogP contribution in [0.25, 0.3) is 16.9 Å². The van der Waals surface area contributed by atoms with Gasteiger partial charge >= 0.3 is 0 Å². The van der Waals surface area contributed by atoms with Crippen molar-refractivity contribution in [2.24, 2.45) is 0 Å². The van der Waals surface area contributed by atoms with E-state index in [1.54, 1.807) is 0 Å². The van der Waals surface area contributed by atoms with Crippen LogP contribution in [-0.2, 0) is 12.8 Å². The van der Waals surface area contributed by atoms with Crippen LogP contribution in [0.5, 0.6) is 0 Å². The Morgan fingerprint density at radius 3 is 1.34 bits per heavy atom. The van der Waals surface area contributed by atoms with Gasteiger partial charge < -0.3 is 5.53 Å². The maximum absolute atomic E-state index is 11.5. The monoisotopic (exact) mass is 554 g/mol. The zero-order valence-corrected chi connectivity index (χ0v) is 26.7. The maximum atomic E-state index is 11.5. The van der Waals surface area contributed by atoms with Crippen molar-refractivity contribution in [3.63, 3.8) is 0 Å². The quantitative estimate of drug-likeness (QED) is 0.102. The molecule has 224 valence electrons. The highest BCUT2D eigenvalue weighted by molar-refractivity contribution is 5.78. The molecular weight excluding hydrogens is 496 g/mol. The van der Waals surface area contributed by atoms with Gasteiger partial charge in [0.15, 0.2) is 0 Å². The standard InChI is InChI=1S/C39H58N2/c1-4-7-10-11-12-13-14-15-16-17-18-19-20-23-37-32-38(35-28-24-33(25-29-35)21-8-5-2)41(40)39(37)36-30-26-34(27-31-36)22-9-6-3/h24-32H,4-23H2,1-3H3. The molecule has 0 fully saturated rings. The van der Waals surface area contributed by atoms with Crippen LogP contribution in [0.3, 0.4) is 0 Å². The fourth-order valence-electron chi connectivity index (χ4n) is 6.02. The highest BCUT2D eigenvalue weighted by Crippen LogP contribution is 2.37. The molecule has 0 atom stereocenters. The molecule has 0 spiro atoms. The van der Waals surface area contributed by atoms with E-state index in [0.29, 0.717) is 0 Å². The number of hydrogen-bond donors (Lipinski definition) is 0. The van der Waals surface area contributed by atoms with Crippen LogP contribution in [-0.4, -0.2) is 4.70 Å². The zero-order valence-electron chi connectivity index (χ0n) is 26.7. The molecule has 1 heterocycles. The number of allylic oxidation sites excluding steroid dienone is 2. The van der Waals surface area contributed by atoms with Gasteiger partial charge in [-0.05, 0) is 73.9 Å². The summed E-state index contributed by atoms with van der Waals surface area (Å²) in [6.07, 6.45) is 28.2. The van der Waals surface area contributed by atoms with Crippen molar-refractivity contribution >= 4 is 11.4 Å². The summed E-state index contributed by atoms with van der Waals surface area (Å²) in [7, 11) is 0. The molecule has 0 unspecified atom stereocenters. The van der Waals surface area contributed by atoms with E-state index in [1.165, 1.54) is 131 Å². The number of rotatable bonds is 22. The molecule has 2 heteroatoms. The molecular formula is C39H58N2. The molecule has 2 aromatic rings. The first-order chi connectivity index (χ1) is 20.2. The number of unbranched alkanes of at least 4 members (excludes halogenated alkanes) is 14.